The summed E-state index contributed by atoms with van der Waals surface area (Å²) in [5.41, 5.74) is 5.08. The molecule has 0 saturated heterocycles. The summed E-state index contributed by atoms with van der Waals surface area (Å²) in [4.78, 5) is 4.77. The average molecular weight is 330 g/mol. The zero-order valence-corrected chi connectivity index (χ0v) is 13.8. The van der Waals surface area contributed by atoms with Gasteiger partial charge in [-0.25, -0.2) is 9.50 Å². The first-order valence-corrected chi connectivity index (χ1v) is 8.48. The molecule has 0 aliphatic heterocycles. The lowest BCUT2D eigenvalue weighted by Gasteiger charge is -2.20. The van der Waals surface area contributed by atoms with E-state index in [4.69, 9.17) is 4.98 Å². The second kappa shape index (κ2) is 5.29. The summed E-state index contributed by atoms with van der Waals surface area (Å²) < 4.78 is 1.87. The molecule has 2 atom stereocenters. The lowest BCUT2D eigenvalue weighted by molar-refractivity contribution is 0.165. The number of rotatable bonds is 2. The van der Waals surface area contributed by atoms with Gasteiger partial charge in [0.25, 0.3) is 0 Å². The van der Waals surface area contributed by atoms with Crippen LogP contribution in [-0.4, -0.2) is 25.8 Å². The molecule has 0 amide bonds. The minimum atomic E-state index is -0.458. The van der Waals surface area contributed by atoms with Crippen LogP contribution in [0.2, 0.25) is 0 Å². The zero-order chi connectivity index (χ0) is 17.0. The van der Waals surface area contributed by atoms with Crippen LogP contribution in [0.3, 0.4) is 0 Å². The zero-order valence-electron chi connectivity index (χ0n) is 13.8. The molecule has 1 aliphatic rings. The number of aryl methyl sites for hydroxylation is 1. The Morgan fingerprint density at radius 1 is 1.12 bits per heavy atom. The van der Waals surface area contributed by atoms with Crippen molar-refractivity contribution in [1.29, 1.82) is 0 Å². The summed E-state index contributed by atoms with van der Waals surface area (Å²) in [5, 5.41) is 19.6. The minimum Gasteiger partial charge on any atom is -0.390 e. The monoisotopic (exact) mass is 330 g/mol. The maximum atomic E-state index is 10.6. The molecule has 25 heavy (non-hydrogen) atoms. The molecular weight excluding hydrogens is 312 g/mol. The van der Waals surface area contributed by atoms with Crippen molar-refractivity contribution in [2.75, 3.05) is 5.32 Å². The number of para-hydroxylation sites is 1. The van der Waals surface area contributed by atoms with Crippen molar-refractivity contribution in [3.8, 4) is 0 Å². The van der Waals surface area contributed by atoms with Crippen LogP contribution in [0.4, 0.5) is 5.82 Å². The van der Waals surface area contributed by atoms with Crippen LogP contribution in [0.25, 0.3) is 16.6 Å². The van der Waals surface area contributed by atoms with Crippen molar-refractivity contribution in [1.82, 2.24) is 14.6 Å². The van der Waals surface area contributed by atoms with Gasteiger partial charge < -0.3 is 10.4 Å². The molecule has 0 bridgehead atoms. The number of anilines is 1. The first-order chi connectivity index (χ1) is 12.2. The quantitative estimate of drug-likeness (QED) is 0.592. The Kier molecular flexibility index (Phi) is 3.05. The summed E-state index contributed by atoms with van der Waals surface area (Å²) >= 11 is 0. The number of hydrogen-bond acceptors (Lipinski definition) is 4. The number of aliphatic hydroxyl groups excluding tert-OH is 1. The van der Waals surface area contributed by atoms with Crippen LogP contribution in [-0.2, 0) is 6.42 Å². The van der Waals surface area contributed by atoms with Gasteiger partial charge in [-0.3, -0.25) is 0 Å². The smallest absolute Gasteiger partial charge is 0.158 e. The number of aliphatic hydroxyl groups is 1. The molecule has 4 aromatic rings. The third kappa shape index (κ3) is 2.20. The molecule has 5 heteroatoms. The van der Waals surface area contributed by atoms with Crippen LogP contribution >= 0.6 is 0 Å². The number of nitrogens with one attached hydrogen (secondary N) is 1. The second-order valence-electron chi connectivity index (χ2n) is 6.63. The van der Waals surface area contributed by atoms with Gasteiger partial charge in [0, 0.05) is 17.9 Å². The van der Waals surface area contributed by atoms with Gasteiger partial charge in [0.05, 0.1) is 23.4 Å². The first kappa shape index (κ1) is 14.4. The third-order valence-corrected chi connectivity index (χ3v) is 4.92. The molecule has 5 rings (SSSR count). The van der Waals surface area contributed by atoms with Crippen molar-refractivity contribution < 1.29 is 5.11 Å². The van der Waals surface area contributed by atoms with E-state index in [1.54, 1.807) is 0 Å². The maximum Gasteiger partial charge on any atom is 0.158 e. The van der Waals surface area contributed by atoms with Crippen LogP contribution < -0.4 is 5.32 Å². The second-order valence-corrected chi connectivity index (χ2v) is 6.63. The molecule has 0 spiro atoms. The van der Waals surface area contributed by atoms with Gasteiger partial charge in [-0.1, -0.05) is 36.4 Å². The highest BCUT2D eigenvalue weighted by Crippen LogP contribution is 2.35. The lowest BCUT2D eigenvalue weighted by atomic mass is 10.1. The number of fused-ring (bicyclic) bond motifs is 4. The van der Waals surface area contributed by atoms with Gasteiger partial charge in [-0.2, -0.15) is 5.10 Å². The number of hydrogen-bond donors (Lipinski definition) is 2. The summed E-state index contributed by atoms with van der Waals surface area (Å²) in [6.45, 7) is 1.97. The van der Waals surface area contributed by atoms with Gasteiger partial charge >= 0.3 is 0 Å². The van der Waals surface area contributed by atoms with Crippen molar-refractivity contribution in [2.45, 2.75) is 25.5 Å². The number of nitrogens with zero attached hydrogens (tertiary/aromatic N) is 3. The molecule has 2 N–H and O–H groups in total. The van der Waals surface area contributed by atoms with Gasteiger partial charge in [-0.05, 0) is 30.2 Å². The highest BCUT2D eigenvalue weighted by Gasteiger charge is 2.31. The third-order valence-electron chi connectivity index (χ3n) is 4.92. The van der Waals surface area contributed by atoms with Crippen molar-refractivity contribution >= 4 is 22.4 Å². The van der Waals surface area contributed by atoms with Crippen molar-refractivity contribution in [3.63, 3.8) is 0 Å². The Balaban J connectivity index is 1.67. The molecule has 124 valence electrons. The van der Waals surface area contributed by atoms with E-state index in [1.165, 1.54) is 5.56 Å². The largest absolute Gasteiger partial charge is 0.390 e. The summed E-state index contributed by atoms with van der Waals surface area (Å²) in [6, 6.07) is 18.1. The van der Waals surface area contributed by atoms with Gasteiger partial charge in [0.1, 0.15) is 5.82 Å². The van der Waals surface area contributed by atoms with Crippen molar-refractivity contribution in [3.05, 3.63) is 71.4 Å². The Hall–Kier alpha value is -2.92. The van der Waals surface area contributed by atoms with E-state index in [-0.39, 0.29) is 6.04 Å². The molecule has 1 aliphatic carbocycles. The molecule has 2 aromatic heterocycles. The number of aromatic nitrogens is 3. The summed E-state index contributed by atoms with van der Waals surface area (Å²) in [5.74, 6) is 0.781. The predicted molar refractivity (Wildman–Crippen MR) is 97.7 cm³/mol. The predicted octanol–water partition coefficient (Wildman–Crippen LogP) is 3.26. The van der Waals surface area contributed by atoms with Crippen LogP contribution in [0.5, 0.6) is 0 Å². The molecule has 2 heterocycles. The highest BCUT2D eigenvalue weighted by atomic mass is 16.3. The first-order valence-electron chi connectivity index (χ1n) is 8.48. The minimum absolute atomic E-state index is 0.154. The van der Waals surface area contributed by atoms with E-state index < -0.39 is 6.10 Å². The van der Waals surface area contributed by atoms with E-state index >= 15 is 0 Å². The Bertz CT molecular complexity index is 1100. The van der Waals surface area contributed by atoms with E-state index in [2.05, 4.69) is 22.5 Å². The van der Waals surface area contributed by atoms with Gasteiger partial charge in [0.2, 0.25) is 0 Å². The van der Waals surface area contributed by atoms with Gasteiger partial charge in [0.15, 0.2) is 5.65 Å². The highest BCUT2D eigenvalue weighted by molar-refractivity contribution is 5.91. The fourth-order valence-electron chi connectivity index (χ4n) is 3.78. The number of benzene rings is 2. The lowest BCUT2D eigenvalue weighted by Crippen LogP contribution is -2.22. The van der Waals surface area contributed by atoms with Crippen LogP contribution in [0.1, 0.15) is 22.9 Å². The fraction of sp³-hybridized carbons (Fsp3) is 0.200. The molecule has 0 unspecified atom stereocenters. The Morgan fingerprint density at radius 3 is 2.84 bits per heavy atom. The Morgan fingerprint density at radius 2 is 1.92 bits per heavy atom. The maximum absolute atomic E-state index is 10.6. The molecular formula is C20H18N4O. The normalized spacial score (nSPS) is 19.4. The molecule has 2 aromatic carbocycles. The SMILES string of the molecule is Cc1cc2nc(N[C@H]3c4ccccc4C[C@H]3O)c3ccccc3n2n1. The molecule has 5 nitrogen and oxygen atoms in total. The fourth-order valence-corrected chi connectivity index (χ4v) is 3.78. The standard InChI is InChI=1S/C20H18N4O/c1-12-10-18-21-20(15-8-4-5-9-16(15)24(18)23-12)22-19-14-7-3-2-6-13(14)11-17(19)25/h2-10,17,19,25H,11H2,1H3,(H,21,22)/t17-,19+/m1/s1. The van der Waals surface area contributed by atoms with Crippen LogP contribution in [0, 0.1) is 6.92 Å². The topological polar surface area (TPSA) is 62.5 Å². The Labute approximate surface area is 144 Å². The molecule has 0 radical (unpaired) electrons. The van der Waals surface area contributed by atoms with Crippen LogP contribution in [0.15, 0.2) is 54.6 Å². The summed E-state index contributed by atoms with van der Waals surface area (Å²) in [6.07, 6.45) is 0.209. The van der Waals surface area contributed by atoms with E-state index in [9.17, 15) is 5.11 Å². The van der Waals surface area contributed by atoms with Gasteiger partial charge in [-0.15, -0.1) is 0 Å². The van der Waals surface area contributed by atoms with Crippen molar-refractivity contribution in [2.24, 2.45) is 0 Å². The molecule has 0 fully saturated rings. The van der Waals surface area contributed by atoms with E-state index in [0.29, 0.717) is 6.42 Å². The molecule has 0 saturated carbocycles. The average Bonchev–Trinajstić information content (AvgIpc) is 3.15. The van der Waals surface area contributed by atoms with E-state index in [1.807, 2.05) is 53.9 Å². The summed E-state index contributed by atoms with van der Waals surface area (Å²) in [7, 11) is 0. The van der Waals surface area contributed by atoms with E-state index in [0.717, 1.165) is 33.6 Å².